The molecule has 0 aliphatic heterocycles. The molecule has 1 fully saturated rings. The third kappa shape index (κ3) is 2.56. The van der Waals surface area contributed by atoms with Crippen LogP contribution in [0.25, 0.3) is 0 Å². The Morgan fingerprint density at radius 1 is 1.37 bits per heavy atom. The highest BCUT2D eigenvalue weighted by Crippen LogP contribution is 2.53. The van der Waals surface area contributed by atoms with E-state index in [-0.39, 0.29) is 0 Å². The summed E-state index contributed by atoms with van der Waals surface area (Å²) in [5.41, 5.74) is 2.64. The molecule has 19 heavy (non-hydrogen) atoms. The summed E-state index contributed by atoms with van der Waals surface area (Å²) in [6.45, 7) is 3.15. The third-order valence-corrected chi connectivity index (χ3v) is 3.96. The van der Waals surface area contributed by atoms with E-state index >= 15 is 0 Å². The highest BCUT2D eigenvalue weighted by atomic mass is 15.0. The zero-order chi connectivity index (χ0) is 13.2. The Hall–Kier alpha value is -1.61. The lowest BCUT2D eigenvalue weighted by molar-refractivity contribution is 0.477. The molecule has 2 aromatic rings. The molecule has 0 spiro atoms. The minimum atomic E-state index is 0.386. The van der Waals surface area contributed by atoms with Crippen molar-refractivity contribution < 1.29 is 0 Å². The SMILES string of the molecule is CCNC(c1cn(C)cn1)C1CC1c1ccccc1. The number of aryl methyl sites for hydroxylation is 1. The van der Waals surface area contributed by atoms with Crippen LogP contribution in [0.4, 0.5) is 0 Å². The fraction of sp³-hybridized carbons (Fsp3) is 0.438. The van der Waals surface area contributed by atoms with E-state index in [2.05, 4.69) is 53.8 Å². The summed E-state index contributed by atoms with van der Waals surface area (Å²) in [6.07, 6.45) is 5.28. The summed E-state index contributed by atoms with van der Waals surface area (Å²) in [6, 6.07) is 11.2. The van der Waals surface area contributed by atoms with Gasteiger partial charge < -0.3 is 9.88 Å². The number of hydrogen-bond acceptors (Lipinski definition) is 2. The number of nitrogens with one attached hydrogen (secondary N) is 1. The van der Waals surface area contributed by atoms with Crippen molar-refractivity contribution >= 4 is 0 Å². The number of nitrogens with zero attached hydrogens (tertiary/aromatic N) is 2. The molecule has 3 nitrogen and oxygen atoms in total. The number of benzene rings is 1. The van der Waals surface area contributed by atoms with Crippen LogP contribution in [0.2, 0.25) is 0 Å². The molecule has 3 unspecified atom stereocenters. The molecule has 1 aliphatic carbocycles. The molecule has 1 aliphatic rings. The van der Waals surface area contributed by atoms with Crippen LogP contribution in [0.3, 0.4) is 0 Å². The maximum atomic E-state index is 4.52. The van der Waals surface area contributed by atoms with Crippen LogP contribution < -0.4 is 5.32 Å². The van der Waals surface area contributed by atoms with Gasteiger partial charge in [0.1, 0.15) is 0 Å². The van der Waals surface area contributed by atoms with Crippen LogP contribution >= 0.6 is 0 Å². The van der Waals surface area contributed by atoms with Gasteiger partial charge in [0.15, 0.2) is 0 Å². The van der Waals surface area contributed by atoms with Crippen molar-refractivity contribution in [1.29, 1.82) is 0 Å². The quantitative estimate of drug-likeness (QED) is 0.890. The van der Waals surface area contributed by atoms with E-state index in [9.17, 15) is 0 Å². The first-order valence-electron chi connectivity index (χ1n) is 7.05. The molecule has 1 saturated carbocycles. The number of aromatic nitrogens is 2. The second kappa shape index (κ2) is 5.17. The second-order valence-corrected chi connectivity index (χ2v) is 5.42. The van der Waals surface area contributed by atoms with Crippen molar-refractivity contribution in [2.45, 2.75) is 25.3 Å². The Balaban J connectivity index is 1.76. The molecule has 1 N–H and O–H groups in total. The second-order valence-electron chi connectivity index (χ2n) is 5.42. The lowest BCUT2D eigenvalue weighted by atomic mass is 10.0. The number of hydrogen-bond donors (Lipinski definition) is 1. The van der Waals surface area contributed by atoms with Crippen molar-refractivity contribution in [3.05, 3.63) is 54.1 Å². The molecule has 1 aromatic carbocycles. The van der Waals surface area contributed by atoms with Crippen LogP contribution in [0.1, 0.15) is 36.6 Å². The molecular weight excluding hydrogens is 234 g/mol. The standard InChI is InChI=1S/C16H21N3/c1-3-17-16(15-10-19(2)11-18-15)14-9-13(14)12-7-5-4-6-8-12/h4-8,10-11,13-14,16-17H,3,9H2,1-2H3. The molecule has 1 aromatic heterocycles. The van der Waals surface area contributed by atoms with E-state index in [4.69, 9.17) is 0 Å². The van der Waals surface area contributed by atoms with Gasteiger partial charge in [-0.1, -0.05) is 37.3 Å². The topological polar surface area (TPSA) is 29.9 Å². The van der Waals surface area contributed by atoms with Gasteiger partial charge in [0.05, 0.1) is 18.1 Å². The Kier molecular flexibility index (Phi) is 3.38. The number of imidazole rings is 1. The molecule has 3 atom stereocenters. The van der Waals surface area contributed by atoms with Crippen LogP contribution in [-0.2, 0) is 7.05 Å². The first kappa shape index (κ1) is 12.4. The van der Waals surface area contributed by atoms with Gasteiger partial charge in [-0.05, 0) is 30.4 Å². The third-order valence-electron chi connectivity index (χ3n) is 3.96. The summed E-state index contributed by atoms with van der Waals surface area (Å²) in [7, 11) is 2.03. The minimum absolute atomic E-state index is 0.386. The first-order valence-corrected chi connectivity index (χ1v) is 7.05. The normalized spacial score (nSPS) is 23.3. The summed E-state index contributed by atoms with van der Waals surface area (Å²) >= 11 is 0. The predicted octanol–water partition coefficient (Wildman–Crippen LogP) is 2.87. The Morgan fingerprint density at radius 3 is 2.79 bits per heavy atom. The van der Waals surface area contributed by atoms with E-state index in [1.807, 2.05) is 17.9 Å². The molecule has 3 rings (SSSR count). The summed E-state index contributed by atoms with van der Waals surface area (Å²) in [5.74, 6) is 1.37. The molecule has 100 valence electrons. The average molecular weight is 255 g/mol. The van der Waals surface area contributed by atoms with Crippen molar-refractivity contribution in [2.75, 3.05) is 6.54 Å². The van der Waals surface area contributed by atoms with Crippen LogP contribution in [0.15, 0.2) is 42.9 Å². The van der Waals surface area contributed by atoms with Gasteiger partial charge in [0, 0.05) is 13.2 Å². The van der Waals surface area contributed by atoms with Gasteiger partial charge in [-0.15, -0.1) is 0 Å². The first-order chi connectivity index (χ1) is 9.29. The zero-order valence-corrected chi connectivity index (χ0v) is 11.6. The van der Waals surface area contributed by atoms with Crippen molar-refractivity contribution in [2.24, 2.45) is 13.0 Å². The lowest BCUT2D eigenvalue weighted by Crippen LogP contribution is -2.23. The molecule has 0 bridgehead atoms. The van der Waals surface area contributed by atoms with Crippen molar-refractivity contribution in [3.63, 3.8) is 0 Å². The van der Waals surface area contributed by atoms with Gasteiger partial charge in [-0.25, -0.2) is 4.98 Å². The molecule has 3 heteroatoms. The van der Waals surface area contributed by atoms with E-state index in [1.165, 1.54) is 17.7 Å². The average Bonchev–Trinajstić information content (AvgIpc) is 3.12. The van der Waals surface area contributed by atoms with Crippen molar-refractivity contribution in [1.82, 2.24) is 14.9 Å². The van der Waals surface area contributed by atoms with Crippen LogP contribution in [0.5, 0.6) is 0 Å². The van der Waals surface area contributed by atoms with Gasteiger partial charge in [0.2, 0.25) is 0 Å². The fourth-order valence-electron chi connectivity index (χ4n) is 2.96. The van der Waals surface area contributed by atoms with Crippen LogP contribution in [0, 0.1) is 5.92 Å². The highest BCUT2D eigenvalue weighted by molar-refractivity contribution is 5.28. The Morgan fingerprint density at radius 2 is 2.16 bits per heavy atom. The molecular formula is C16H21N3. The summed E-state index contributed by atoms with van der Waals surface area (Å²) in [5, 5.41) is 3.60. The molecule has 0 saturated heterocycles. The van der Waals surface area contributed by atoms with E-state index < -0.39 is 0 Å². The van der Waals surface area contributed by atoms with Gasteiger partial charge in [-0.2, -0.15) is 0 Å². The van der Waals surface area contributed by atoms with Gasteiger partial charge >= 0.3 is 0 Å². The largest absolute Gasteiger partial charge is 0.340 e. The van der Waals surface area contributed by atoms with E-state index in [0.717, 1.165) is 6.54 Å². The van der Waals surface area contributed by atoms with E-state index in [0.29, 0.717) is 17.9 Å². The monoisotopic (exact) mass is 255 g/mol. The van der Waals surface area contributed by atoms with Gasteiger partial charge in [0.25, 0.3) is 0 Å². The smallest absolute Gasteiger partial charge is 0.0947 e. The summed E-state index contributed by atoms with van der Waals surface area (Å²) < 4.78 is 2.03. The Bertz CT molecular complexity index is 532. The van der Waals surface area contributed by atoms with Gasteiger partial charge in [-0.3, -0.25) is 0 Å². The van der Waals surface area contributed by atoms with Crippen LogP contribution in [-0.4, -0.2) is 16.1 Å². The summed E-state index contributed by atoms with van der Waals surface area (Å²) in [4.78, 5) is 4.52. The maximum absolute atomic E-state index is 4.52. The molecule has 0 radical (unpaired) electrons. The Labute approximate surface area is 114 Å². The molecule has 1 heterocycles. The predicted molar refractivity (Wildman–Crippen MR) is 76.9 cm³/mol. The zero-order valence-electron chi connectivity index (χ0n) is 11.6. The van der Waals surface area contributed by atoms with Crippen molar-refractivity contribution in [3.8, 4) is 0 Å². The van der Waals surface area contributed by atoms with E-state index in [1.54, 1.807) is 0 Å². The minimum Gasteiger partial charge on any atom is -0.340 e. The highest BCUT2D eigenvalue weighted by Gasteiger charge is 2.44. The maximum Gasteiger partial charge on any atom is 0.0947 e. The molecule has 0 amide bonds. The number of rotatable bonds is 5. The fourth-order valence-corrected chi connectivity index (χ4v) is 2.96. The lowest BCUT2D eigenvalue weighted by Gasteiger charge is -2.15.